The topological polar surface area (TPSA) is 49.6 Å². The maximum Gasteiger partial charge on any atom is 0.227 e. The van der Waals surface area contributed by atoms with Gasteiger partial charge in [0.1, 0.15) is 0 Å². The Kier molecular flexibility index (Phi) is 9.33. The fourth-order valence-corrected chi connectivity index (χ4v) is 6.03. The largest absolute Gasteiger partial charge is 0.333 e. The molecule has 0 aromatic heterocycles. The van der Waals surface area contributed by atoms with Gasteiger partial charge < -0.3 is 10.6 Å². The fourth-order valence-electron chi connectivity index (χ4n) is 5.91. The number of nitrogens with two attached hydrogens (primary N) is 1. The Hall–Kier alpha value is -3.44. The summed E-state index contributed by atoms with van der Waals surface area (Å²) in [7, 11) is 0. The third-order valence-electron chi connectivity index (χ3n) is 8.09. The number of benzene rings is 4. The van der Waals surface area contributed by atoms with Crippen LogP contribution in [0.25, 0.3) is 11.1 Å². The number of rotatable bonds is 9. The first-order valence-corrected chi connectivity index (χ1v) is 14.6. The van der Waals surface area contributed by atoms with E-state index in [0.717, 1.165) is 60.3 Å². The van der Waals surface area contributed by atoms with E-state index in [-0.39, 0.29) is 18.0 Å². The van der Waals surface area contributed by atoms with Crippen LogP contribution in [0.2, 0.25) is 5.02 Å². The van der Waals surface area contributed by atoms with Gasteiger partial charge in [0.2, 0.25) is 5.91 Å². The molecule has 1 aliphatic heterocycles. The molecule has 0 saturated carbocycles. The second-order valence-corrected chi connectivity index (χ2v) is 11.2. The number of likely N-dealkylation sites (tertiary alicyclic amines) is 1. The van der Waals surface area contributed by atoms with E-state index in [1.165, 1.54) is 5.56 Å². The Bertz CT molecular complexity index is 1400. The summed E-state index contributed by atoms with van der Waals surface area (Å²) in [6.07, 6.45) is 2.28. The average molecular weight is 552 g/mol. The highest BCUT2D eigenvalue weighted by atomic mass is 35.5. The first-order valence-electron chi connectivity index (χ1n) is 14.2. The van der Waals surface area contributed by atoms with Crippen LogP contribution in [-0.4, -0.2) is 34.8 Å². The van der Waals surface area contributed by atoms with Gasteiger partial charge in [0.05, 0.1) is 12.5 Å². The summed E-state index contributed by atoms with van der Waals surface area (Å²) in [6, 6.07) is 35.3. The predicted molar refractivity (Wildman–Crippen MR) is 165 cm³/mol. The van der Waals surface area contributed by atoms with Gasteiger partial charge in [0.15, 0.2) is 0 Å². The van der Waals surface area contributed by atoms with Gasteiger partial charge in [-0.1, -0.05) is 96.5 Å². The summed E-state index contributed by atoms with van der Waals surface area (Å²) in [5.74, 6) is 0.157. The lowest BCUT2D eigenvalue weighted by atomic mass is 9.93. The van der Waals surface area contributed by atoms with Crippen LogP contribution in [0.1, 0.15) is 48.1 Å². The number of amides is 1. The highest BCUT2D eigenvalue weighted by Gasteiger charge is 2.32. The minimum absolute atomic E-state index is 0.0598. The molecular weight excluding hydrogens is 514 g/mol. The predicted octanol–water partition coefficient (Wildman–Crippen LogP) is 7.26. The van der Waals surface area contributed by atoms with Gasteiger partial charge in [0.25, 0.3) is 0 Å². The van der Waals surface area contributed by atoms with Crippen molar-refractivity contribution < 1.29 is 4.79 Å². The number of carbonyl (C=O) groups is 1. The number of nitrogens with zero attached hydrogens (tertiary/aromatic N) is 2. The van der Waals surface area contributed by atoms with Crippen molar-refractivity contribution in [1.29, 1.82) is 0 Å². The van der Waals surface area contributed by atoms with Crippen LogP contribution in [0.15, 0.2) is 103 Å². The van der Waals surface area contributed by atoms with Gasteiger partial charge in [-0.05, 0) is 71.3 Å². The zero-order valence-corrected chi connectivity index (χ0v) is 23.9. The molecule has 0 spiro atoms. The maximum atomic E-state index is 14.0. The zero-order valence-electron chi connectivity index (χ0n) is 23.2. The first-order chi connectivity index (χ1) is 19.5. The second-order valence-electron chi connectivity index (χ2n) is 10.8. The average Bonchev–Trinajstić information content (AvgIpc) is 3.00. The lowest BCUT2D eigenvalue weighted by molar-refractivity contribution is -0.136. The molecule has 4 aromatic rings. The molecular formula is C35H38ClN3O. The molecule has 0 aliphatic carbocycles. The van der Waals surface area contributed by atoms with Crippen LogP contribution in [0.4, 0.5) is 0 Å². The molecule has 1 saturated heterocycles. The van der Waals surface area contributed by atoms with E-state index in [1.54, 1.807) is 0 Å². The summed E-state index contributed by atoms with van der Waals surface area (Å²) in [4.78, 5) is 18.7. The number of hydrogen-bond donors (Lipinski definition) is 1. The van der Waals surface area contributed by atoms with E-state index in [2.05, 4.69) is 89.5 Å². The van der Waals surface area contributed by atoms with E-state index in [9.17, 15) is 4.79 Å². The van der Waals surface area contributed by atoms with Gasteiger partial charge >= 0.3 is 0 Å². The molecule has 2 N–H and O–H groups in total. The summed E-state index contributed by atoms with van der Waals surface area (Å²) in [5.41, 5.74) is 12.9. The minimum Gasteiger partial charge on any atom is -0.333 e. The van der Waals surface area contributed by atoms with Gasteiger partial charge in [-0.2, -0.15) is 0 Å². The van der Waals surface area contributed by atoms with Gasteiger partial charge in [-0.3, -0.25) is 9.69 Å². The van der Waals surface area contributed by atoms with Crippen LogP contribution in [-0.2, 0) is 24.3 Å². The van der Waals surface area contributed by atoms with Crippen LogP contribution in [0.5, 0.6) is 0 Å². The zero-order chi connectivity index (χ0) is 27.9. The van der Waals surface area contributed by atoms with Crippen LogP contribution in [0, 0.1) is 0 Å². The van der Waals surface area contributed by atoms with Crippen molar-refractivity contribution in [1.82, 2.24) is 9.80 Å². The SMILES string of the molecule is CC(c1cccc(-c2ccccc2CN)c1)N(C(=O)Cc1ccc(Cl)cc1)C1CCN(Cc2ccccc2)CC1. The van der Waals surface area contributed by atoms with E-state index < -0.39 is 0 Å². The summed E-state index contributed by atoms with van der Waals surface area (Å²) < 4.78 is 0. The molecule has 0 bridgehead atoms. The van der Waals surface area contributed by atoms with Gasteiger partial charge in [-0.15, -0.1) is 0 Å². The molecule has 1 aliphatic rings. The number of hydrogen-bond acceptors (Lipinski definition) is 3. The number of halogens is 1. The Morgan fingerprint density at radius 1 is 0.900 bits per heavy atom. The Morgan fingerprint density at radius 3 is 2.33 bits per heavy atom. The molecule has 1 fully saturated rings. The minimum atomic E-state index is -0.0598. The standard InChI is InChI=1S/C35H38ClN3O/c1-26(29-11-7-12-30(23-29)34-13-6-5-10-31(34)24-37)39(35(40)22-27-14-16-32(36)17-15-27)33-18-20-38(21-19-33)25-28-8-3-2-4-9-28/h2-17,23,26,33H,18-22,24-25,37H2,1H3. The molecule has 4 aromatic carbocycles. The van der Waals surface area contributed by atoms with Crippen molar-refractivity contribution in [2.45, 2.75) is 51.4 Å². The summed E-state index contributed by atoms with van der Waals surface area (Å²) >= 11 is 6.11. The molecule has 0 radical (unpaired) electrons. The van der Waals surface area contributed by atoms with Gasteiger partial charge in [-0.25, -0.2) is 0 Å². The highest BCUT2D eigenvalue weighted by molar-refractivity contribution is 6.30. The highest BCUT2D eigenvalue weighted by Crippen LogP contribution is 2.32. The molecule has 1 atom stereocenters. The third-order valence-corrected chi connectivity index (χ3v) is 8.34. The lowest BCUT2D eigenvalue weighted by Gasteiger charge is -2.42. The smallest absolute Gasteiger partial charge is 0.227 e. The molecule has 206 valence electrons. The first kappa shape index (κ1) is 28.1. The van der Waals surface area contributed by atoms with E-state index >= 15 is 0 Å². The van der Waals surface area contributed by atoms with E-state index in [1.807, 2.05) is 30.3 Å². The van der Waals surface area contributed by atoms with Gasteiger partial charge in [0, 0.05) is 37.2 Å². The molecule has 5 heteroatoms. The second kappa shape index (κ2) is 13.3. The maximum absolute atomic E-state index is 14.0. The number of piperidine rings is 1. The monoisotopic (exact) mass is 551 g/mol. The molecule has 1 amide bonds. The summed E-state index contributed by atoms with van der Waals surface area (Å²) in [5, 5.41) is 0.682. The molecule has 1 unspecified atom stereocenters. The number of carbonyl (C=O) groups excluding carboxylic acids is 1. The van der Waals surface area contributed by atoms with Crippen molar-refractivity contribution in [3.05, 3.63) is 130 Å². The molecule has 4 nitrogen and oxygen atoms in total. The molecule has 5 rings (SSSR count). The van der Waals surface area contributed by atoms with Crippen LogP contribution in [0.3, 0.4) is 0 Å². The van der Waals surface area contributed by atoms with Crippen molar-refractivity contribution >= 4 is 17.5 Å². The Labute approximate surface area is 243 Å². The van der Waals surface area contributed by atoms with Crippen LogP contribution >= 0.6 is 11.6 Å². The summed E-state index contributed by atoms with van der Waals surface area (Å²) in [6.45, 7) is 5.56. The van der Waals surface area contributed by atoms with Crippen LogP contribution < -0.4 is 5.73 Å². The molecule has 40 heavy (non-hydrogen) atoms. The normalized spacial score (nSPS) is 15.1. The third kappa shape index (κ3) is 6.82. The molecule has 1 heterocycles. The van der Waals surface area contributed by atoms with E-state index in [0.29, 0.717) is 18.0 Å². The van der Waals surface area contributed by atoms with Crippen molar-refractivity contribution in [3.63, 3.8) is 0 Å². The van der Waals surface area contributed by atoms with Crippen molar-refractivity contribution in [2.24, 2.45) is 5.73 Å². The van der Waals surface area contributed by atoms with Crippen molar-refractivity contribution in [3.8, 4) is 11.1 Å². The Morgan fingerprint density at radius 2 is 1.60 bits per heavy atom. The lowest BCUT2D eigenvalue weighted by Crippen LogP contribution is -2.48. The quantitative estimate of drug-likeness (QED) is 0.238. The van der Waals surface area contributed by atoms with E-state index in [4.69, 9.17) is 17.3 Å². The van der Waals surface area contributed by atoms with Crippen molar-refractivity contribution in [2.75, 3.05) is 13.1 Å². The Balaban J connectivity index is 1.39. The fraction of sp³-hybridized carbons (Fsp3) is 0.286.